The van der Waals surface area contributed by atoms with Gasteiger partial charge in [0.05, 0.1) is 6.04 Å². The first-order chi connectivity index (χ1) is 7.83. The summed E-state index contributed by atoms with van der Waals surface area (Å²) in [7, 11) is 0. The summed E-state index contributed by atoms with van der Waals surface area (Å²) in [6.07, 6.45) is 5.15. The van der Waals surface area contributed by atoms with Gasteiger partial charge in [-0.1, -0.05) is 5.92 Å². The minimum Gasteiger partial charge on any atom is -0.444 e. The third-order valence-electron chi connectivity index (χ3n) is 2.75. The van der Waals surface area contributed by atoms with E-state index in [1.165, 1.54) is 0 Å². The number of piperazine rings is 1. The molecule has 0 aromatic carbocycles. The fourth-order valence-corrected chi connectivity index (χ4v) is 1.72. The minimum atomic E-state index is -0.430. The molecule has 0 aliphatic carbocycles. The summed E-state index contributed by atoms with van der Waals surface area (Å²) < 4.78 is 5.33. The van der Waals surface area contributed by atoms with Crippen molar-refractivity contribution in [3.8, 4) is 12.3 Å². The third-order valence-corrected chi connectivity index (χ3v) is 2.75. The Morgan fingerprint density at radius 2 is 1.82 bits per heavy atom. The van der Waals surface area contributed by atoms with Gasteiger partial charge in [0, 0.05) is 26.2 Å². The number of hydrogen-bond donors (Lipinski definition) is 0. The summed E-state index contributed by atoms with van der Waals surface area (Å²) in [5.41, 5.74) is -0.430. The Morgan fingerprint density at radius 3 is 2.24 bits per heavy atom. The molecule has 17 heavy (non-hydrogen) atoms. The van der Waals surface area contributed by atoms with E-state index in [1.807, 2.05) is 27.7 Å². The molecule has 4 nitrogen and oxygen atoms in total. The van der Waals surface area contributed by atoms with Crippen molar-refractivity contribution in [1.29, 1.82) is 0 Å². The van der Waals surface area contributed by atoms with Gasteiger partial charge in [-0.25, -0.2) is 4.79 Å². The number of nitrogens with zero attached hydrogens (tertiary/aromatic N) is 2. The first-order valence-corrected chi connectivity index (χ1v) is 6.01. The van der Waals surface area contributed by atoms with Gasteiger partial charge in [-0.3, -0.25) is 4.90 Å². The second-order valence-corrected chi connectivity index (χ2v) is 5.35. The smallest absolute Gasteiger partial charge is 0.410 e. The summed E-state index contributed by atoms with van der Waals surface area (Å²) in [5, 5.41) is 0. The van der Waals surface area contributed by atoms with Crippen molar-refractivity contribution >= 4 is 6.09 Å². The number of rotatable bonds is 1. The van der Waals surface area contributed by atoms with Crippen LogP contribution in [0.3, 0.4) is 0 Å². The lowest BCUT2D eigenvalue weighted by Gasteiger charge is -2.36. The second-order valence-electron chi connectivity index (χ2n) is 5.35. The van der Waals surface area contributed by atoms with E-state index in [-0.39, 0.29) is 12.1 Å². The molecular formula is C13H22N2O2. The zero-order valence-electron chi connectivity index (χ0n) is 11.2. The van der Waals surface area contributed by atoms with E-state index in [0.29, 0.717) is 13.1 Å². The predicted molar refractivity (Wildman–Crippen MR) is 67.7 cm³/mol. The van der Waals surface area contributed by atoms with Gasteiger partial charge in [0.2, 0.25) is 0 Å². The standard InChI is InChI=1S/C13H22N2O2/c1-6-11(2)14-7-9-15(10-8-14)12(16)17-13(3,4)5/h1,11H,7-10H2,2-5H3. The molecule has 1 unspecified atom stereocenters. The first-order valence-electron chi connectivity index (χ1n) is 6.01. The maximum atomic E-state index is 11.8. The molecule has 1 aliphatic heterocycles. The molecule has 96 valence electrons. The lowest BCUT2D eigenvalue weighted by Crippen LogP contribution is -2.52. The summed E-state index contributed by atoms with van der Waals surface area (Å²) >= 11 is 0. The summed E-state index contributed by atoms with van der Waals surface area (Å²) in [6.45, 7) is 10.6. The Hall–Kier alpha value is -1.21. The molecule has 1 rings (SSSR count). The topological polar surface area (TPSA) is 32.8 Å². The molecule has 1 aliphatic rings. The fraction of sp³-hybridized carbons (Fsp3) is 0.769. The van der Waals surface area contributed by atoms with E-state index >= 15 is 0 Å². The SMILES string of the molecule is C#CC(C)N1CCN(C(=O)OC(C)(C)C)CC1. The Kier molecular flexibility index (Phi) is 4.41. The highest BCUT2D eigenvalue weighted by Gasteiger charge is 2.26. The molecule has 0 aromatic heterocycles. The van der Waals surface area contributed by atoms with Crippen molar-refractivity contribution in [2.24, 2.45) is 0 Å². The van der Waals surface area contributed by atoms with Crippen LogP contribution in [0.25, 0.3) is 0 Å². The van der Waals surface area contributed by atoms with Gasteiger partial charge < -0.3 is 9.64 Å². The highest BCUT2D eigenvalue weighted by atomic mass is 16.6. The van der Waals surface area contributed by atoms with Gasteiger partial charge in [-0.15, -0.1) is 6.42 Å². The maximum Gasteiger partial charge on any atom is 0.410 e. The van der Waals surface area contributed by atoms with E-state index < -0.39 is 5.60 Å². The molecule has 4 heteroatoms. The average molecular weight is 238 g/mol. The molecule has 1 amide bonds. The molecule has 0 bridgehead atoms. The van der Waals surface area contributed by atoms with Crippen LogP contribution in [0.1, 0.15) is 27.7 Å². The Morgan fingerprint density at radius 1 is 1.29 bits per heavy atom. The van der Waals surface area contributed by atoms with Crippen LogP contribution < -0.4 is 0 Å². The van der Waals surface area contributed by atoms with Gasteiger partial charge in [0.15, 0.2) is 0 Å². The van der Waals surface area contributed by atoms with E-state index in [4.69, 9.17) is 11.2 Å². The second kappa shape index (κ2) is 5.42. The zero-order valence-corrected chi connectivity index (χ0v) is 11.2. The third kappa shape index (κ3) is 4.27. The lowest BCUT2D eigenvalue weighted by atomic mass is 10.2. The van der Waals surface area contributed by atoms with E-state index in [2.05, 4.69) is 10.8 Å². The van der Waals surface area contributed by atoms with Crippen molar-refractivity contribution in [3.05, 3.63) is 0 Å². The van der Waals surface area contributed by atoms with E-state index in [1.54, 1.807) is 4.90 Å². The van der Waals surface area contributed by atoms with Gasteiger partial charge in [-0.2, -0.15) is 0 Å². The van der Waals surface area contributed by atoms with Crippen LogP contribution in [0.2, 0.25) is 0 Å². The molecule has 0 aromatic rings. The monoisotopic (exact) mass is 238 g/mol. The molecular weight excluding hydrogens is 216 g/mol. The zero-order chi connectivity index (χ0) is 13.1. The minimum absolute atomic E-state index is 0.135. The molecule has 1 heterocycles. The van der Waals surface area contributed by atoms with Crippen molar-refractivity contribution in [3.63, 3.8) is 0 Å². The summed E-state index contributed by atoms with van der Waals surface area (Å²) in [4.78, 5) is 15.7. The van der Waals surface area contributed by atoms with Crippen LogP contribution in [-0.4, -0.2) is 53.7 Å². The number of terminal acetylenes is 1. The fourth-order valence-electron chi connectivity index (χ4n) is 1.72. The quantitative estimate of drug-likeness (QED) is 0.650. The van der Waals surface area contributed by atoms with Crippen molar-refractivity contribution in [1.82, 2.24) is 9.80 Å². The summed E-state index contributed by atoms with van der Waals surface area (Å²) in [5.74, 6) is 2.71. The number of ether oxygens (including phenoxy) is 1. The normalized spacial score (nSPS) is 19.6. The Balaban J connectivity index is 2.42. The molecule has 0 spiro atoms. The molecule has 1 fully saturated rings. The molecule has 1 atom stereocenters. The number of carbonyl (C=O) groups is 1. The maximum absolute atomic E-state index is 11.8. The molecule has 0 saturated carbocycles. The lowest BCUT2D eigenvalue weighted by molar-refractivity contribution is 0.0131. The molecule has 1 saturated heterocycles. The van der Waals surface area contributed by atoms with Crippen molar-refractivity contribution < 1.29 is 9.53 Å². The number of amides is 1. The predicted octanol–water partition coefficient (Wildman–Crippen LogP) is 1.56. The van der Waals surface area contributed by atoms with Crippen molar-refractivity contribution in [2.75, 3.05) is 26.2 Å². The van der Waals surface area contributed by atoms with Gasteiger partial charge in [0.25, 0.3) is 0 Å². The summed E-state index contributed by atoms with van der Waals surface area (Å²) in [6, 6.07) is 0.135. The first kappa shape index (κ1) is 13.9. The largest absolute Gasteiger partial charge is 0.444 e. The highest BCUT2D eigenvalue weighted by molar-refractivity contribution is 5.68. The van der Waals surface area contributed by atoms with Gasteiger partial charge >= 0.3 is 6.09 Å². The van der Waals surface area contributed by atoms with Crippen LogP contribution in [0.4, 0.5) is 4.79 Å². The molecule has 0 N–H and O–H groups in total. The molecule has 0 radical (unpaired) electrons. The number of carbonyl (C=O) groups excluding carboxylic acids is 1. The Bertz CT molecular complexity index is 306. The van der Waals surface area contributed by atoms with Crippen LogP contribution in [-0.2, 0) is 4.74 Å². The average Bonchev–Trinajstić information content (AvgIpc) is 2.26. The number of hydrogen-bond acceptors (Lipinski definition) is 3. The van der Waals surface area contributed by atoms with Crippen LogP contribution >= 0.6 is 0 Å². The van der Waals surface area contributed by atoms with E-state index in [9.17, 15) is 4.79 Å². The van der Waals surface area contributed by atoms with Crippen molar-refractivity contribution in [2.45, 2.75) is 39.3 Å². The van der Waals surface area contributed by atoms with Gasteiger partial charge in [-0.05, 0) is 27.7 Å². The van der Waals surface area contributed by atoms with Gasteiger partial charge in [0.1, 0.15) is 5.60 Å². The van der Waals surface area contributed by atoms with Crippen LogP contribution in [0.15, 0.2) is 0 Å². The highest BCUT2D eigenvalue weighted by Crippen LogP contribution is 2.12. The van der Waals surface area contributed by atoms with E-state index in [0.717, 1.165) is 13.1 Å². The Labute approximate surface area is 104 Å². The van der Waals surface area contributed by atoms with Crippen LogP contribution in [0, 0.1) is 12.3 Å². The van der Waals surface area contributed by atoms with Crippen LogP contribution in [0.5, 0.6) is 0 Å².